The van der Waals surface area contributed by atoms with E-state index in [2.05, 4.69) is 5.32 Å². The Hall–Kier alpha value is -2.36. The van der Waals surface area contributed by atoms with Gasteiger partial charge in [-0.2, -0.15) is 0 Å². The van der Waals surface area contributed by atoms with Crippen LogP contribution in [0.5, 0.6) is 0 Å². The van der Waals surface area contributed by atoms with Crippen molar-refractivity contribution in [1.29, 1.82) is 0 Å². The van der Waals surface area contributed by atoms with E-state index in [0.717, 1.165) is 11.1 Å². The van der Waals surface area contributed by atoms with Crippen molar-refractivity contribution in [2.75, 3.05) is 5.32 Å². The predicted octanol–water partition coefficient (Wildman–Crippen LogP) is 3.68. The third-order valence-corrected chi connectivity index (χ3v) is 3.15. The summed E-state index contributed by atoms with van der Waals surface area (Å²) in [6, 6.07) is 10.5. The highest BCUT2D eigenvalue weighted by atomic mass is 19.1. The second kappa shape index (κ2) is 5.74. The molecular weight excluding hydrogens is 257 g/mol. The number of nitrogens with one attached hydrogen (secondary N) is 1. The highest BCUT2D eigenvalue weighted by Gasteiger charge is 2.21. The van der Waals surface area contributed by atoms with Gasteiger partial charge in [-0.25, -0.2) is 9.18 Å². The van der Waals surface area contributed by atoms with Crippen LogP contribution in [-0.2, 0) is 4.79 Å². The smallest absolute Gasteiger partial charge is 0.330 e. The lowest BCUT2D eigenvalue weighted by molar-refractivity contribution is -0.138. The Kier molecular flexibility index (Phi) is 4.03. The van der Waals surface area contributed by atoms with Crippen molar-refractivity contribution < 1.29 is 14.3 Å². The van der Waals surface area contributed by atoms with Gasteiger partial charge in [-0.1, -0.05) is 23.8 Å². The fraction of sp³-hybridized carbons (Fsp3) is 0.188. The largest absolute Gasteiger partial charge is 0.479 e. The van der Waals surface area contributed by atoms with E-state index < -0.39 is 12.0 Å². The maximum atomic E-state index is 12.9. The molecule has 20 heavy (non-hydrogen) atoms. The average molecular weight is 273 g/mol. The first-order valence-electron chi connectivity index (χ1n) is 6.29. The molecule has 2 aromatic rings. The SMILES string of the molecule is Cc1ccc(C)c(C(Nc2ccc(F)cc2)C(=O)O)c1. The second-order valence-corrected chi connectivity index (χ2v) is 4.78. The molecule has 1 atom stereocenters. The monoisotopic (exact) mass is 273 g/mol. The molecule has 0 aliphatic rings. The van der Waals surface area contributed by atoms with Gasteiger partial charge in [0, 0.05) is 5.69 Å². The van der Waals surface area contributed by atoms with E-state index in [4.69, 9.17) is 0 Å². The van der Waals surface area contributed by atoms with E-state index in [1.54, 1.807) is 0 Å². The number of rotatable bonds is 4. The number of carboxylic acids is 1. The van der Waals surface area contributed by atoms with Gasteiger partial charge in [0.05, 0.1) is 0 Å². The quantitative estimate of drug-likeness (QED) is 0.893. The number of aliphatic carboxylic acids is 1. The summed E-state index contributed by atoms with van der Waals surface area (Å²) in [5, 5.41) is 12.3. The maximum absolute atomic E-state index is 12.9. The summed E-state index contributed by atoms with van der Waals surface area (Å²) in [4.78, 5) is 11.5. The molecule has 104 valence electrons. The van der Waals surface area contributed by atoms with Gasteiger partial charge in [0.25, 0.3) is 0 Å². The minimum atomic E-state index is -0.969. The van der Waals surface area contributed by atoms with Crippen LogP contribution >= 0.6 is 0 Å². The van der Waals surface area contributed by atoms with Gasteiger partial charge in [-0.3, -0.25) is 0 Å². The Labute approximate surface area is 117 Å². The average Bonchev–Trinajstić information content (AvgIpc) is 2.41. The Bertz CT molecular complexity index is 623. The second-order valence-electron chi connectivity index (χ2n) is 4.78. The van der Waals surface area contributed by atoms with Crippen molar-refractivity contribution in [1.82, 2.24) is 0 Å². The summed E-state index contributed by atoms with van der Waals surface area (Å²) >= 11 is 0. The standard InChI is InChI=1S/C16H16FNO2/c1-10-3-4-11(2)14(9-10)15(16(19)20)18-13-7-5-12(17)6-8-13/h3-9,15,18H,1-2H3,(H,19,20). The molecule has 1 unspecified atom stereocenters. The minimum absolute atomic E-state index is 0.353. The summed E-state index contributed by atoms with van der Waals surface area (Å²) in [7, 11) is 0. The number of hydrogen-bond acceptors (Lipinski definition) is 2. The summed E-state index contributed by atoms with van der Waals surface area (Å²) in [6.45, 7) is 3.79. The van der Waals surface area contributed by atoms with Gasteiger partial charge in [0.2, 0.25) is 0 Å². The molecule has 2 aromatic carbocycles. The summed E-state index contributed by atoms with van der Waals surface area (Å²) in [5.41, 5.74) is 3.18. The molecule has 0 saturated carbocycles. The molecule has 4 heteroatoms. The fourth-order valence-corrected chi connectivity index (χ4v) is 2.06. The molecule has 0 saturated heterocycles. The van der Waals surface area contributed by atoms with Crippen molar-refractivity contribution in [2.45, 2.75) is 19.9 Å². The molecule has 2 N–H and O–H groups in total. The first-order valence-corrected chi connectivity index (χ1v) is 6.29. The molecule has 3 nitrogen and oxygen atoms in total. The van der Waals surface area contributed by atoms with Crippen molar-refractivity contribution in [3.8, 4) is 0 Å². The Morgan fingerprint density at radius 3 is 2.40 bits per heavy atom. The van der Waals surface area contributed by atoms with E-state index >= 15 is 0 Å². The number of carboxylic acid groups (broad SMARTS) is 1. The van der Waals surface area contributed by atoms with Gasteiger partial charge in [0.1, 0.15) is 5.82 Å². The lowest BCUT2D eigenvalue weighted by Crippen LogP contribution is -2.21. The number of hydrogen-bond donors (Lipinski definition) is 2. The molecule has 0 aromatic heterocycles. The predicted molar refractivity (Wildman–Crippen MR) is 76.3 cm³/mol. The fourth-order valence-electron chi connectivity index (χ4n) is 2.06. The number of halogens is 1. The van der Waals surface area contributed by atoms with E-state index in [-0.39, 0.29) is 5.82 Å². The molecule has 0 aliphatic heterocycles. The number of aryl methyl sites for hydroxylation is 2. The number of anilines is 1. The topological polar surface area (TPSA) is 49.3 Å². The van der Waals surface area contributed by atoms with Gasteiger partial charge in [-0.15, -0.1) is 0 Å². The lowest BCUT2D eigenvalue weighted by atomic mass is 9.98. The normalized spacial score (nSPS) is 11.9. The first-order chi connectivity index (χ1) is 9.47. The highest BCUT2D eigenvalue weighted by molar-refractivity contribution is 5.79. The molecule has 0 radical (unpaired) electrons. The van der Waals surface area contributed by atoms with Crippen LogP contribution in [0.1, 0.15) is 22.7 Å². The molecular formula is C16H16FNO2. The molecule has 0 fully saturated rings. The van der Waals surface area contributed by atoms with Crippen LogP contribution in [0.2, 0.25) is 0 Å². The zero-order valence-electron chi connectivity index (χ0n) is 11.4. The molecule has 0 spiro atoms. The van der Waals surface area contributed by atoms with Crippen molar-refractivity contribution in [3.63, 3.8) is 0 Å². The van der Waals surface area contributed by atoms with Crippen LogP contribution in [0, 0.1) is 19.7 Å². The summed E-state index contributed by atoms with van der Waals surface area (Å²) in [5.74, 6) is -1.32. The summed E-state index contributed by atoms with van der Waals surface area (Å²) < 4.78 is 12.9. The van der Waals surface area contributed by atoms with Crippen molar-refractivity contribution in [3.05, 3.63) is 65.0 Å². The lowest BCUT2D eigenvalue weighted by Gasteiger charge is -2.18. The van der Waals surface area contributed by atoms with E-state index in [1.807, 2.05) is 32.0 Å². The molecule has 0 bridgehead atoms. The Balaban J connectivity index is 2.34. The summed E-state index contributed by atoms with van der Waals surface area (Å²) in [6.07, 6.45) is 0. The Morgan fingerprint density at radius 2 is 1.80 bits per heavy atom. The van der Waals surface area contributed by atoms with Gasteiger partial charge >= 0.3 is 5.97 Å². The minimum Gasteiger partial charge on any atom is -0.479 e. The highest BCUT2D eigenvalue weighted by Crippen LogP contribution is 2.24. The number of carbonyl (C=O) groups is 1. The van der Waals surface area contributed by atoms with Gasteiger partial charge in [-0.05, 0) is 49.2 Å². The number of benzene rings is 2. The van der Waals surface area contributed by atoms with Crippen molar-refractivity contribution in [2.24, 2.45) is 0 Å². The van der Waals surface area contributed by atoms with E-state index in [0.29, 0.717) is 11.3 Å². The van der Waals surface area contributed by atoms with Crippen LogP contribution in [-0.4, -0.2) is 11.1 Å². The van der Waals surface area contributed by atoms with Crippen LogP contribution in [0.25, 0.3) is 0 Å². The van der Waals surface area contributed by atoms with E-state index in [9.17, 15) is 14.3 Å². The molecule has 0 heterocycles. The zero-order valence-corrected chi connectivity index (χ0v) is 11.4. The third-order valence-electron chi connectivity index (χ3n) is 3.15. The molecule has 0 aliphatic carbocycles. The van der Waals surface area contributed by atoms with Crippen LogP contribution in [0.3, 0.4) is 0 Å². The third kappa shape index (κ3) is 3.15. The molecule has 2 rings (SSSR count). The zero-order chi connectivity index (χ0) is 14.7. The van der Waals surface area contributed by atoms with E-state index in [1.165, 1.54) is 24.3 Å². The first kappa shape index (κ1) is 14.1. The Morgan fingerprint density at radius 1 is 1.15 bits per heavy atom. The van der Waals surface area contributed by atoms with Gasteiger partial charge in [0.15, 0.2) is 6.04 Å². The van der Waals surface area contributed by atoms with Crippen molar-refractivity contribution >= 4 is 11.7 Å². The maximum Gasteiger partial charge on any atom is 0.330 e. The van der Waals surface area contributed by atoms with Crippen LogP contribution in [0.15, 0.2) is 42.5 Å². The molecule has 0 amide bonds. The van der Waals surface area contributed by atoms with Gasteiger partial charge < -0.3 is 10.4 Å². The van der Waals surface area contributed by atoms with Crippen LogP contribution < -0.4 is 5.32 Å². The van der Waals surface area contributed by atoms with Crippen LogP contribution in [0.4, 0.5) is 10.1 Å².